The van der Waals surface area contributed by atoms with Gasteiger partial charge in [0.15, 0.2) is 0 Å². The van der Waals surface area contributed by atoms with Gasteiger partial charge in [0.1, 0.15) is 5.75 Å². The number of aromatic hydroxyl groups is 1. The minimum atomic E-state index is -0.670. The van der Waals surface area contributed by atoms with E-state index >= 15 is 0 Å². The zero-order chi connectivity index (χ0) is 19.2. The summed E-state index contributed by atoms with van der Waals surface area (Å²) in [5.74, 6) is -0.670. The zero-order valence-corrected chi connectivity index (χ0v) is 8.45. The van der Waals surface area contributed by atoms with Gasteiger partial charge in [-0.05, 0) is 28.3 Å². The first-order chi connectivity index (χ1) is 12.1. The van der Waals surface area contributed by atoms with E-state index in [1.807, 2.05) is 0 Å². The third-order valence-electron chi connectivity index (χ3n) is 2.86. The highest BCUT2D eigenvalue weighted by atomic mass is 16.3. The molecule has 0 fully saturated rings. The molecule has 3 aromatic carbocycles. The minimum Gasteiger partial charge on any atom is -0.507 e. The van der Waals surface area contributed by atoms with E-state index < -0.39 is 60.1 Å². The molecule has 0 atom stereocenters. The summed E-state index contributed by atoms with van der Waals surface area (Å²) in [4.78, 5) is 0. The summed E-state index contributed by atoms with van der Waals surface area (Å²) >= 11 is 0. The van der Waals surface area contributed by atoms with Crippen LogP contribution in [0, 0.1) is 0 Å². The van der Waals surface area contributed by atoms with Crippen molar-refractivity contribution in [1.29, 1.82) is 0 Å². The van der Waals surface area contributed by atoms with Crippen molar-refractivity contribution in [3.05, 3.63) is 54.4 Å². The maximum Gasteiger partial charge on any atom is 0.123 e. The highest BCUT2D eigenvalue weighted by Crippen LogP contribution is 2.48. The van der Waals surface area contributed by atoms with Crippen LogP contribution in [-0.4, -0.2) is 5.11 Å². The van der Waals surface area contributed by atoms with Gasteiger partial charge in [0.25, 0.3) is 0 Å². The van der Waals surface area contributed by atoms with E-state index in [1.54, 1.807) is 0 Å². The summed E-state index contributed by atoms with van der Waals surface area (Å²) in [7, 11) is 0. The summed E-state index contributed by atoms with van der Waals surface area (Å²) < 4.78 is 72.6. The van der Waals surface area contributed by atoms with E-state index in [4.69, 9.17) is 12.3 Å². The van der Waals surface area contributed by atoms with Crippen molar-refractivity contribution in [1.82, 2.24) is 0 Å². The Labute approximate surface area is 112 Å². The highest BCUT2D eigenvalue weighted by molar-refractivity contribution is 6.16. The molecule has 4 rings (SSSR count). The van der Waals surface area contributed by atoms with Crippen LogP contribution in [0.25, 0.3) is 33.0 Å². The Kier molecular flexibility index (Phi) is 0.660. The van der Waals surface area contributed by atoms with Gasteiger partial charge in [-0.15, -0.1) is 0 Å². The molecule has 0 saturated heterocycles. The number of hydrogen-bond donors (Lipinski definition) is 1. The number of rotatable bonds is 0. The van der Waals surface area contributed by atoms with Gasteiger partial charge >= 0.3 is 0 Å². The van der Waals surface area contributed by atoms with E-state index in [2.05, 4.69) is 0 Å². The van der Waals surface area contributed by atoms with Crippen molar-refractivity contribution in [2.75, 3.05) is 0 Å². The van der Waals surface area contributed by atoms with Crippen LogP contribution in [-0.2, 0) is 0 Å². The van der Waals surface area contributed by atoms with Crippen molar-refractivity contribution in [3.8, 4) is 28.0 Å². The van der Waals surface area contributed by atoms with Crippen molar-refractivity contribution >= 4 is 10.8 Å². The summed E-state index contributed by atoms with van der Waals surface area (Å²) in [5.41, 5.74) is -0.0930. The van der Waals surface area contributed by atoms with Crippen LogP contribution < -0.4 is 0 Å². The lowest BCUT2D eigenvalue weighted by atomic mass is 10.0. The smallest absolute Gasteiger partial charge is 0.123 e. The molecule has 0 saturated carbocycles. The Morgan fingerprint density at radius 1 is 0.706 bits per heavy atom. The summed E-state index contributed by atoms with van der Waals surface area (Å²) in [6.45, 7) is 0. The second-order valence-corrected chi connectivity index (χ2v) is 3.72. The van der Waals surface area contributed by atoms with Crippen LogP contribution in [0.15, 0.2) is 54.4 Å². The average Bonchev–Trinajstić information content (AvgIpc) is 2.96. The summed E-state index contributed by atoms with van der Waals surface area (Å²) in [6.07, 6.45) is 0. The number of fused-ring (bicyclic) bond motifs is 3. The van der Waals surface area contributed by atoms with Crippen LogP contribution in [0.3, 0.4) is 0 Å². The first kappa shape index (κ1) is 3.88. The summed E-state index contributed by atoms with van der Waals surface area (Å²) in [6, 6.07) is -4.33. The van der Waals surface area contributed by atoms with Gasteiger partial charge in [-0.25, -0.2) is 0 Å². The minimum absolute atomic E-state index is 0.0122. The molecule has 0 aromatic heterocycles. The molecular weight excluding hydrogens is 208 g/mol. The molecule has 1 nitrogen and oxygen atoms in total. The lowest BCUT2D eigenvalue weighted by molar-refractivity contribution is 0.482. The van der Waals surface area contributed by atoms with Gasteiger partial charge < -0.3 is 5.11 Å². The number of hydrogen-bond acceptors (Lipinski definition) is 1. The molecule has 0 amide bonds. The molecular formula is C16H10O. The lowest BCUT2D eigenvalue weighted by Crippen LogP contribution is -1.76. The maximum absolute atomic E-state index is 10.3. The third kappa shape index (κ3) is 0.986. The number of phenolic OH excluding ortho intramolecular Hbond substituents is 1. The van der Waals surface area contributed by atoms with Gasteiger partial charge in [-0.2, -0.15) is 0 Å². The molecule has 3 aromatic rings. The second-order valence-electron chi connectivity index (χ2n) is 3.72. The predicted molar refractivity (Wildman–Crippen MR) is 70.0 cm³/mol. The highest BCUT2D eigenvalue weighted by Gasteiger charge is 2.21. The van der Waals surface area contributed by atoms with Crippen molar-refractivity contribution in [2.45, 2.75) is 0 Å². The molecule has 80 valence electrons. The van der Waals surface area contributed by atoms with Crippen molar-refractivity contribution < 1.29 is 17.4 Å². The van der Waals surface area contributed by atoms with Gasteiger partial charge in [-0.3, -0.25) is 0 Å². The van der Waals surface area contributed by atoms with Gasteiger partial charge in [0.05, 0.1) is 12.3 Å². The quantitative estimate of drug-likeness (QED) is 0.477. The largest absolute Gasteiger partial charge is 0.507 e. The Bertz CT molecular complexity index is 1100. The Morgan fingerprint density at radius 2 is 1.35 bits per heavy atom. The van der Waals surface area contributed by atoms with E-state index in [1.165, 1.54) is 0 Å². The molecule has 0 unspecified atom stereocenters. The summed E-state index contributed by atoms with van der Waals surface area (Å²) in [5, 5.41) is 10.2. The van der Waals surface area contributed by atoms with Crippen LogP contribution in [0.4, 0.5) is 0 Å². The standard InChI is InChI=1S/C16H10O/c17-15-9-8-13-11-5-2-1-4-10(11)12-6-3-7-14(15)16(12)13/h1-9,17H/i1D,2D,3D,4D,5D,6D,7D,8D,9D. The molecule has 0 radical (unpaired) electrons. The monoisotopic (exact) mass is 227 g/mol. The van der Waals surface area contributed by atoms with Crippen LogP contribution in [0.5, 0.6) is 5.75 Å². The fourth-order valence-corrected chi connectivity index (χ4v) is 2.14. The number of benzene rings is 3. The molecule has 1 aliphatic rings. The van der Waals surface area contributed by atoms with Crippen molar-refractivity contribution in [2.24, 2.45) is 0 Å². The van der Waals surface area contributed by atoms with Gasteiger partial charge in [-0.1, -0.05) is 48.3 Å². The Balaban J connectivity index is 2.45. The molecule has 0 spiro atoms. The Hall–Kier alpha value is -2.28. The fraction of sp³-hybridized carbons (Fsp3) is 0. The average molecular weight is 227 g/mol. The molecule has 1 N–H and O–H groups in total. The lowest BCUT2D eigenvalue weighted by Gasteiger charge is -2.03. The Morgan fingerprint density at radius 3 is 2.12 bits per heavy atom. The maximum atomic E-state index is 10.3. The van der Waals surface area contributed by atoms with E-state index in [0.717, 1.165) is 0 Å². The van der Waals surface area contributed by atoms with Crippen molar-refractivity contribution in [3.63, 3.8) is 0 Å². The van der Waals surface area contributed by atoms with E-state index in [0.29, 0.717) is 0 Å². The van der Waals surface area contributed by atoms with Gasteiger partial charge in [0, 0.05) is 10.8 Å². The van der Waals surface area contributed by atoms with Crippen LogP contribution >= 0.6 is 0 Å². The van der Waals surface area contributed by atoms with Crippen LogP contribution in [0.1, 0.15) is 12.3 Å². The van der Waals surface area contributed by atoms with Gasteiger partial charge in [0.2, 0.25) is 0 Å². The molecule has 17 heavy (non-hydrogen) atoms. The molecule has 1 heteroatoms. The number of phenols is 1. The normalized spacial score (nSPS) is 19.2. The third-order valence-corrected chi connectivity index (χ3v) is 2.86. The van der Waals surface area contributed by atoms with Crippen LogP contribution in [0.2, 0.25) is 0 Å². The first-order valence-corrected chi connectivity index (χ1v) is 4.97. The second kappa shape index (κ2) is 2.89. The zero-order valence-electron chi connectivity index (χ0n) is 17.4. The molecule has 0 heterocycles. The fourth-order valence-electron chi connectivity index (χ4n) is 2.14. The topological polar surface area (TPSA) is 20.2 Å². The molecule has 1 aliphatic carbocycles. The molecule has 0 aliphatic heterocycles. The van der Waals surface area contributed by atoms with E-state index in [-0.39, 0.29) is 33.0 Å². The SMILES string of the molecule is [2H]c1c([2H])c([2H])c2c(c1[2H])-c1c([2H])c([2H])c([2H])c3c(O)c([2H])c([2H])c-2c13. The van der Waals surface area contributed by atoms with E-state index in [9.17, 15) is 5.11 Å². The molecule has 0 bridgehead atoms. The predicted octanol–water partition coefficient (Wildman–Crippen LogP) is 4.19. The first-order valence-electron chi connectivity index (χ1n) is 9.47.